The second-order valence-electron chi connectivity index (χ2n) is 4.18. The number of nitrogens with one attached hydrogen (secondary N) is 1. The Kier molecular flexibility index (Phi) is 3.00. The standard InChI is InChI=1S/C14H15FN2/c1-9-3-6-14(13(16)7-9)17-11-5-4-10(2)12(15)8-11/h3-8,17H,16H2,1-2H3. The summed E-state index contributed by atoms with van der Waals surface area (Å²) >= 11 is 0. The third-order valence-corrected chi connectivity index (χ3v) is 2.66. The average molecular weight is 230 g/mol. The third kappa shape index (κ3) is 2.56. The van der Waals surface area contributed by atoms with Gasteiger partial charge in [0.25, 0.3) is 0 Å². The van der Waals surface area contributed by atoms with Crippen molar-refractivity contribution in [2.45, 2.75) is 13.8 Å². The first-order chi connectivity index (χ1) is 8.06. The van der Waals surface area contributed by atoms with E-state index in [0.29, 0.717) is 16.9 Å². The highest BCUT2D eigenvalue weighted by atomic mass is 19.1. The van der Waals surface area contributed by atoms with Gasteiger partial charge in [0.1, 0.15) is 5.82 Å². The molecule has 0 aliphatic heterocycles. The molecule has 0 aliphatic rings. The summed E-state index contributed by atoms with van der Waals surface area (Å²) in [5, 5.41) is 3.10. The minimum absolute atomic E-state index is 0.222. The molecule has 2 nitrogen and oxygen atoms in total. The van der Waals surface area contributed by atoms with Crippen LogP contribution in [0.3, 0.4) is 0 Å². The Hall–Kier alpha value is -2.03. The number of aryl methyl sites for hydroxylation is 2. The molecule has 0 saturated heterocycles. The molecule has 0 aliphatic carbocycles. The van der Waals surface area contributed by atoms with Crippen LogP contribution < -0.4 is 11.1 Å². The van der Waals surface area contributed by atoms with E-state index in [-0.39, 0.29) is 5.82 Å². The van der Waals surface area contributed by atoms with Crippen LogP contribution in [-0.2, 0) is 0 Å². The summed E-state index contributed by atoms with van der Waals surface area (Å²) in [7, 11) is 0. The summed E-state index contributed by atoms with van der Waals surface area (Å²) in [5.74, 6) is -0.222. The van der Waals surface area contributed by atoms with Gasteiger partial charge < -0.3 is 11.1 Å². The van der Waals surface area contributed by atoms with E-state index in [1.54, 1.807) is 13.0 Å². The van der Waals surface area contributed by atoms with E-state index < -0.39 is 0 Å². The molecule has 3 heteroatoms. The van der Waals surface area contributed by atoms with E-state index >= 15 is 0 Å². The Labute approximate surface area is 100 Å². The molecule has 0 heterocycles. The lowest BCUT2D eigenvalue weighted by molar-refractivity contribution is 0.619. The number of hydrogen-bond donors (Lipinski definition) is 2. The van der Waals surface area contributed by atoms with Gasteiger partial charge in [-0.05, 0) is 49.2 Å². The van der Waals surface area contributed by atoms with Crippen LogP contribution in [0.1, 0.15) is 11.1 Å². The minimum atomic E-state index is -0.222. The maximum atomic E-state index is 13.4. The molecule has 0 fully saturated rings. The van der Waals surface area contributed by atoms with E-state index in [4.69, 9.17) is 5.73 Å². The maximum Gasteiger partial charge on any atom is 0.128 e. The molecule has 0 amide bonds. The van der Waals surface area contributed by atoms with Gasteiger partial charge in [0.15, 0.2) is 0 Å². The van der Waals surface area contributed by atoms with Crippen LogP contribution in [0.4, 0.5) is 21.5 Å². The predicted molar refractivity (Wildman–Crippen MR) is 70.0 cm³/mol. The maximum absolute atomic E-state index is 13.4. The molecule has 0 bridgehead atoms. The van der Waals surface area contributed by atoms with Crippen molar-refractivity contribution < 1.29 is 4.39 Å². The van der Waals surface area contributed by atoms with Gasteiger partial charge in [0, 0.05) is 5.69 Å². The molecule has 3 N–H and O–H groups in total. The zero-order valence-electron chi connectivity index (χ0n) is 9.92. The van der Waals surface area contributed by atoms with Crippen LogP contribution in [0.2, 0.25) is 0 Å². The van der Waals surface area contributed by atoms with Gasteiger partial charge in [-0.2, -0.15) is 0 Å². The number of nitrogens with two attached hydrogens (primary N) is 1. The van der Waals surface area contributed by atoms with Gasteiger partial charge in [0.2, 0.25) is 0 Å². The lowest BCUT2D eigenvalue weighted by Crippen LogP contribution is -1.97. The van der Waals surface area contributed by atoms with Crippen molar-refractivity contribution in [1.29, 1.82) is 0 Å². The molecule has 2 aromatic carbocycles. The molecule has 17 heavy (non-hydrogen) atoms. The Morgan fingerprint density at radius 1 is 1.06 bits per heavy atom. The molecule has 0 aromatic heterocycles. The van der Waals surface area contributed by atoms with Gasteiger partial charge in [-0.1, -0.05) is 12.1 Å². The fourth-order valence-electron chi connectivity index (χ4n) is 1.62. The highest BCUT2D eigenvalue weighted by Gasteiger charge is 2.02. The fraction of sp³-hybridized carbons (Fsp3) is 0.143. The Balaban J connectivity index is 2.28. The van der Waals surface area contributed by atoms with E-state index in [0.717, 1.165) is 11.3 Å². The third-order valence-electron chi connectivity index (χ3n) is 2.66. The molecule has 0 spiro atoms. The van der Waals surface area contributed by atoms with Crippen LogP contribution in [0, 0.1) is 19.7 Å². The lowest BCUT2D eigenvalue weighted by Gasteiger charge is -2.10. The van der Waals surface area contributed by atoms with Crippen LogP contribution in [0.15, 0.2) is 36.4 Å². The minimum Gasteiger partial charge on any atom is -0.397 e. The monoisotopic (exact) mass is 230 g/mol. The Bertz CT molecular complexity index is 550. The summed E-state index contributed by atoms with van der Waals surface area (Å²) in [6.07, 6.45) is 0. The van der Waals surface area contributed by atoms with Crippen LogP contribution in [0.5, 0.6) is 0 Å². The first-order valence-electron chi connectivity index (χ1n) is 5.45. The summed E-state index contributed by atoms with van der Waals surface area (Å²) in [6, 6.07) is 10.8. The quantitative estimate of drug-likeness (QED) is 0.771. The van der Waals surface area contributed by atoms with Gasteiger partial charge >= 0.3 is 0 Å². The number of rotatable bonds is 2. The summed E-state index contributed by atoms with van der Waals surface area (Å²) in [6.45, 7) is 3.71. The van der Waals surface area contributed by atoms with Crippen LogP contribution in [-0.4, -0.2) is 0 Å². The van der Waals surface area contributed by atoms with Crippen LogP contribution >= 0.6 is 0 Å². The molecular formula is C14H15FN2. The van der Waals surface area contributed by atoms with Crippen molar-refractivity contribution in [1.82, 2.24) is 0 Å². The molecule has 0 atom stereocenters. The highest BCUT2D eigenvalue weighted by molar-refractivity contribution is 5.73. The topological polar surface area (TPSA) is 38.0 Å². The van der Waals surface area contributed by atoms with Crippen molar-refractivity contribution >= 4 is 17.1 Å². The number of hydrogen-bond acceptors (Lipinski definition) is 2. The molecule has 0 saturated carbocycles. The van der Waals surface area contributed by atoms with E-state index in [9.17, 15) is 4.39 Å². The first-order valence-corrected chi connectivity index (χ1v) is 5.45. The molecule has 2 aromatic rings. The molecule has 2 rings (SSSR count). The zero-order valence-corrected chi connectivity index (χ0v) is 9.92. The molecular weight excluding hydrogens is 215 g/mol. The Morgan fingerprint density at radius 3 is 2.47 bits per heavy atom. The SMILES string of the molecule is Cc1ccc(Nc2ccc(C)c(F)c2)c(N)c1. The normalized spacial score (nSPS) is 10.3. The second kappa shape index (κ2) is 4.45. The van der Waals surface area contributed by atoms with Gasteiger partial charge in [-0.25, -0.2) is 4.39 Å². The number of anilines is 3. The van der Waals surface area contributed by atoms with Gasteiger partial charge in [-0.3, -0.25) is 0 Å². The average Bonchev–Trinajstić information content (AvgIpc) is 2.27. The second-order valence-corrected chi connectivity index (χ2v) is 4.18. The first kappa shape index (κ1) is 11.5. The van der Waals surface area contributed by atoms with E-state index in [1.165, 1.54) is 6.07 Å². The van der Waals surface area contributed by atoms with E-state index in [1.807, 2.05) is 31.2 Å². The zero-order chi connectivity index (χ0) is 12.4. The van der Waals surface area contributed by atoms with Crippen molar-refractivity contribution in [3.63, 3.8) is 0 Å². The smallest absolute Gasteiger partial charge is 0.128 e. The van der Waals surface area contributed by atoms with Crippen molar-refractivity contribution in [3.05, 3.63) is 53.3 Å². The summed E-state index contributed by atoms with van der Waals surface area (Å²) in [5.41, 5.74) is 9.76. The van der Waals surface area contributed by atoms with Crippen molar-refractivity contribution in [3.8, 4) is 0 Å². The number of halogens is 1. The van der Waals surface area contributed by atoms with E-state index in [2.05, 4.69) is 5.32 Å². The highest BCUT2D eigenvalue weighted by Crippen LogP contribution is 2.24. The lowest BCUT2D eigenvalue weighted by atomic mass is 10.1. The van der Waals surface area contributed by atoms with Gasteiger partial charge in [-0.15, -0.1) is 0 Å². The Morgan fingerprint density at radius 2 is 1.82 bits per heavy atom. The van der Waals surface area contributed by atoms with Crippen LogP contribution in [0.25, 0.3) is 0 Å². The van der Waals surface area contributed by atoms with Crippen molar-refractivity contribution in [2.24, 2.45) is 0 Å². The molecule has 0 unspecified atom stereocenters. The number of nitrogen functional groups attached to an aromatic ring is 1. The molecule has 0 radical (unpaired) electrons. The van der Waals surface area contributed by atoms with Crippen molar-refractivity contribution in [2.75, 3.05) is 11.1 Å². The summed E-state index contributed by atoms with van der Waals surface area (Å²) in [4.78, 5) is 0. The largest absolute Gasteiger partial charge is 0.397 e. The molecule has 88 valence electrons. The summed E-state index contributed by atoms with van der Waals surface area (Å²) < 4.78 is 13.4. The fourth-order valence-corrected chi connectivity index (χ4v) is 1.62. The number of benzene rings is 2. The van der Waals surface area contributed by atoms with Gasteiger partial charge in [0.05, 0.1) is 11.4 Å². The predicted octanol–water partition coefficient (Wildman–Crippen LogP) is 3.77.